The van der Waals surface area contributed by atoms with E-state index in [0.717, 1.165) is 54.0 Å². The zero-order valence-electron chi connectivity index (χ0n) is 19.3. The van der Waals surface area contributed by atoms with E-state index in [-0.39, 0.29) is 5.41 Å². The van der Waals surface area contributed by atoms with Crippen LogP contribution in [0.25, 0.3) is 11.3 Å². The Morgan fingerprint density at radius 3 is 2.34 bits per heavy atom. The van der Waals surface area contributed by atoms with Gasteiger partial charge in [-0.05, 0) is 49.1 Å². The molecule has 32 heavy (non-hydrogen) atoms. The van der Waals surface area contributed by atoms with Crippen LogP contribution in [-0.4, -0.2) is 50.4 Å². The first-order valence-corrected chi connectivity index (χ1v) is 11.4. The molecule has 0 unspecified atom stereocenters. The smallest absolute Gasteiger partial charge is 0.124 e. The highest BCUT2D eigenvalue weighted by Gasteiger charge is 2.55. The highest BCUT2D eigenvalue weighted by molar-refractivity contribution is 5.61. The Morgan fingerprint density at radius 2 is 1.75 bits per heavy atom. The monoisotopic (exact) mass is 432 g/mol. The summed E-state index contributed by atoms with van der Waals surface area (Å²) in [6.07, 6.45) is 5.04. The Morgan fingerprint density at radius 1 is 1.06 bits per heavy atom. The van der Waals surface area contributed by atoms with Crippen LogP contribution in [0.5, 0.6) is 0 Å². The number of nitrogens with zero attached hydrogens (tertiary/aromatic N) is 3. The van der Waals surface area contributed by atoms with Gasteiger partial charge in [0.15, 0.2) is 0 Å². The molecule has 1 saturated carbocycles. The molecule has 0 radical (unpaired) electrons. The van der Waals surface area contributed by atoms with Crippen molar-refractivity contribution in [1.82, 2.24) is 20.1 Å². The van der Waals surface area contributed by atoms with E-state index < -0.39 is 11.2 Å². The Balaban J connectivity index is 1.58. The summed E-state index contributed by atoms with van der Waals surface area (Å²) in [5.74, 6) is 0.433. The summed E-state index contributed by atoms with van der Waals surface area (Å²) in [6.45, 7) is 8.07. The third-order valence-corrected chi connectivity index (χ3v) is 7.36. The number of aromatic amines is 1. The predicted molar refractivity (Wildman–Crippen MR) is 124 cm³/mol. The molecule has 1 aromatic carbocycles. The van der Waals surface area contributed by atoms with Crippen molar-refractivity contribution in [3.8, 4) is 11.3 Å². The number of likely N-dealkylation sites (tertiary alicyclic amines) is 1. The van der Waals surface area contributed by atoms with E-state index in [2.05, 4.69) is 72.2 Å². The minimum absolute atomic E-state index is 0.346. The maximum atomic E-state index is 12.4. The van der Waals surface area contributed by atoms with Crippen molar-refractivity contribution in [2.45, 2.75) is 50.7 Å². The first kappa shape index (κ1) is 21.3. The van der Waals surface area contributed by atoms with E-state index in [1.807, 2.05) is 12.1 Å². The van der Waals surface area contributed by atoms with E-state index in [4.69, 9.17) is 0 Å². The topological polar surface area (TPSA) is 85.3 Å². The van der Waals surface area contributed by atoms with Gasteiger partial charge in [-0.2, -0.15) is 5.10 Å². The van der Waals surface area contributed by atoms with Crippen molar-refractivity contribution in [1.29, 1.82) is 0 Å². The maximum Gasteiger partial charge on any atom is 0.124 e. The number of H-pyrrole nitrogens is 1. The third-order valence-electron chi connectivity index (χ3n) is 7.36. The van der Waals surface area contributed by atoms with Gasteiger partial charge < -0.3 is 15.1 Å². The fourth-order valence-electron chi connectivity index (χ4n) is 5.22. The van der Waals surface area contributed by atoms with Gasteiger partial charge in [0.05, 0.1) is 11.4 Å². The van der Waals surface area contributed by atoms with Gasteiger partial charge in [-0.1, -0.05) is 45.0 Å². The normalized spacial score (nSPS) is 21.2. The molecule has 2 fully saturated rings. The Kier molecular flexibility index (Phi) is 4.82. The third kappa shape index (κ3) is 3.29. The summed E-state index contributed by atoms with van der Waals surface area (Å²) in [7, 11) is 2.08. The largest absolute Gasteiger partial charge is 0.384 e. The SMILES string of the molecule is CC(C)c1ccc([C@](O)(c2cncc(-c3cc(C4(O)CC4)[nH]n3)c2)C2(C)CN(C)C2)cc1. The fourth-order valence-corrected chi connectivity index (χ4v) is 5.22. The molecular formula is C26H32N4O2. The number of nitrogens with one attached hydrogen (secondary N) is 1. The van der Waals surface area contributed by atoms with E-state index >= 15 is 0 Å². The molecule has 1 atom stereocenters. The van der Waals surface area contributed by atoms with Crippen molar-refractivity contribution in [2.75, 3.05) is 20.1 Å². The summed E-state index contributed by atoms with van der Waals surface area (Å²) in [5.41, 5.74) is 2.88. The second-order valence-electron chi connectivity index (χ2n) is 10.4. The minimum atomic E-state index is -1.19. The maximum absolute atomic E-state index is 12.4. The van der Waals surface area contributed by atoms with Crippen LogP contribution in [0.15, 0.2) is 48.8 Å². The van der Waals surface area contributed by atoms with Gasteiger partial charge in [0.25, 0.3) is 0 Å². The van der Waals surface area contributed by atoms with Gasteiger partial charge in [0, 0.05) is 42.0 Å². The number of pyridine rings is 1. The number of hydrogen-bond donors (Lipinski definition) is 3. The molecule has 1 saturated heterocycles. The highest BCUT2D eigenvalue weighted by Crippen LogP contribution is 2.50. The van der Waals surface area contributed by atoms with Gasteiger partial charge in [0.2, 0.25) is 0 Å². The number of benzene rings is 1. The number of rotatable bonds is 6. The molecule has 3 heterocycles. The number of aromatic nitrogens is 3. The van der Waals surface area contributed by atoms with E-state index in [1.165, 1.54) is 5.56 Å². The lowest BCUT2D eigenvalue weighted by Crippen LogP contribution is -2.63. The molecule has 0 amide bonds. The Hall–Kier alpha value is -2.54. The van der Waals surface area contributed by atoms with Gasteiger partial charge >= 0.3 is 0 Å². The summed E-state index contributed by atoms with van der Waals surface area (Å²) in [5, 5.41) is 30.1. The molecule has 3 aromatic rings. The lowest BCUT2D eigenvalue weighted by atomic mass is 9.62. The van der Waals surface area contributed by atoms with Crippen LogP contribution in [0.2, 0.25) is 0 Å². The van der Waals surface area contributed by atoms with Gasteiger partial charge in [-0.15, -0.1) is 0 Å². The second kappa shape index (κ2) is 7.24. The summed E-state index contributed by atoms with van der Waals surface area (Å²) in [4.78, 5) is 6.71. The second-order valence-corrected chi connectivity index (χ2v) is 10.4. The van der Waals surface area contributed by atoms with E-state index in [1.54, 1.807) is 12.4 Å². The average molecular weight is 433 g/mol. The van der Waals surface area contributed by atoms with Crippen LogP contribution in [0.3, 0.4) is 0 Å². The Bertz CT molecular complexity index is 1130. The highest BCUT2D eigenvalue weighted by atomic mass is 16.3. The molecule has 2 aliphatic rings. The molecule has 0 bridgehead atoms. The van der Waals surface area contributed by atoms with Crippen molar-refractivity contribution in [2.24, 2.45) is 5.41 Å². The molecule has 1 aliphatic heterocycles. The first-order chi connectivity index (χ1) is 15.1. The molecule has 1 aliphatic carbocycles. The lowest BCUT2D eigenvalue weighted by Gasteiger charge is -2.55. The van der Waals surface area contributed by atoms with Crippen molar-refractivity contribution >= 4 is 0 Å². The van der Waals surface area contributed by atoms with Crippen LogP contribution in [0, 0.1) is 5.41 Å². The van der Waals surface area contributed by atoms with Crippen molar-refractivity contribution in [3.63, 3.8) is 0 Å². The molecule has 168 valence electrons. The lowest BCUT2D eigenvalue weighted by molar-refractivity contribution is -0.127. The van der Waals surface area contributed by atoms with Crippen molar-refractivity contribution in [3.05, 3.63) is 71.2 Å². The quantitative estimate of drug-likeness (QED) is 0.552. The summed E-state index contributed by atoms with van der Waals surface area (Å²) < 4.78 is 0. The Labute approximate surface area is 189 Å². The molecule has 2 aromatic heterocycles. The standard InChI is InChI=1S/C26H32N4O2/c1-17(2)18-5-7-20(8-6-18)26(32,24(3)15-30(4)16-24)21-11-19(13-27-14-21)22-12-23(29-28-22)25(31)9-10-25/h5-8,11-14,17,31-32H,9-10,15-16H2,1-4H3,(H,28,29)/t26-/m0/s1. The number of hydrogen-bond acceptors (Lipinski definition) is 5. The average Bonchev–Trinajstić information content (AvgIpc) is 3.31. The minimum Gasteiger partial charge on any atom is -0.384 e. The van der Waals surface area contributed by atoms with Gasteiger partial charge in [0.1, 0.15) is 11.2 Å². The van der Waals surface area contributed by atoms with Crippen molar-refractivity contribution < 1.29 is 10.2 Å². The van der Waals surface area contributed by atoms with Crippen LogP contribution in [0.4, 0.5) is 0 Å². The van der Waals surface area contributed by atoms with Gasteiger partial charge in [-0.25, -0.2) is 0 Å². The molecule has 0 spiro atoms. The van der Waals surface area contributed by atoms with E-state index in [0.29, 0.717) is 5.92 Å². The van der Waals surface area contributed by atoms with E-state index in [9.17, 15) is 10.2 Å². The number of aliphatic hydroxyl groups is 2. The molecule has 5 rings (SSSR count). The molecule has 6 heteroatoms. The molecule has 6 nitrogen and oxygen atoms in total. The molecular weight excluding hydrogens is 400 g/mol. The zero-order valence-corrected chi connectivity index (χ0v) is 19.3. The van der Waals surface area contributed by atoms with Gasteiger partial charge in [-0.3, -0.25) is 10.1 Å². The summed E-state index contributed by atoms with van der Waals surface area (Å²) in [6, 6.07) is 12.2. The first-order valence-electron chi connectivity index (χ1n) is 11.4. The van der Waals surface area contributed by atoms with Crippen LogP contribution < -0.4 is 0 Å². The fraction of sp³-hybridized carbons (Fsp3) is 0.462. The van der Waals surface area contributed by atoms with Crippen LogP contribution in [0.1, 0.15) is 61.9 Å². The van der Waals surface area contributed by atoms with Crippen LogP contribution in [-0.2, 0) is 11.2 Å². The summed E-state index contributed by atoms with van der Waals surface area (Å²) >= 11 is 0. The molecule has 3 N–H and O–H groups in total. The predicted octanol–water partition coefficient (Wildman–Crippen LogP) is 3.76. The van der Waals surface area contributed by atoms with Crippen LogP contribution >= 0.6 is 0 Å². The zero-order chi connectivity index (χ0) is 22.7.